The van der Waals surface area contributed by atoms with Crippen LogP contribution in [0, 0.1) is 0 Å². The molecule has 0 fully saturated rings. The van der Waals surface area contributed by atoms with Crippen LogP contribution in [0.3, 0.4) is 0 Å². The summed E-state index contributed by atoms with van der Waals surface area (Å²) in [6, 6.07) is 18.7. The summed E-state index contributed by atoms with van der Waals surface area (Å²) in [5.41, 5.74) is 1.68. The van der Waals surface area contributed by atoms with Crippen LogP contribution in [0.1, 0.15) is 0 Å². The van der Waals surface area contributed by atoms with Gasteiger partial charge in [0.05, 0.1) is 19.5 Å². The van der Waals surface area contributed by atoms with Gasteiger partial charge < -0.3 is 0 Å². The molecule has 2 heterocycles. The summed E-state index contributed by atoms with van der Waals surface area (Å²) in [6.45, 7) is 0. The lowest BCUT2D eigenvalue weighted by atomic mass is 10.2. The van der Waals surface area contributed by atoms with E-state index in [2.05, 4.69) is 0 Å². The van der Waals surface area contributed by atoms with E-state index in [4.69, 9.17) is 21.4 Å². The Morgan fingerprint density at radius 1 is 0.594 bits per heavy atom. The smallest absolute Gasteiger partial charge is 0.207 e. The molecular formula is C20H12Cl2O4S6. The Balaban J connectivity index is 1.81. The third-order valence-electron chi connectivity index (χ3n) is 4.23. The molecule has 4 nitrogen and oxygen atoms in total. The van der Waals surface area contributed by atoms with Crippen molar-refractivity contribution in [2.75, 3.05) is 0 Å². The quantitative estimate of drug-likeness (QED) is 0.164. The maximum atomic E-state index is 12.2. The van der Waals surface area contributed by atoms with Crippen molar-refractivity contribution >= 4 is 83.7 Å². The SMILES string of the molecule is O=S(=O)(Cl)c1csc(-c2ccccc2)c1SSc1c(S(=O)(=O)Cl)csc1-c1ccccc1. The van der Waals surface area contributed by atoms with Gasteiger partial charge in [0, 0.05) is 32.1 Å². The molecule has 4 aromatic rings. The summed E-state index contributed by atoms with van der Waals surface area (Å²) < 4.78 is 48.8. The van der Waals surface area contributed by atoms with Crippen LogP contribution < -0.4 is 0 Å². The molecule has 32 heavy (non-hydrogen) atoms. The normalized spacial score (nSPS) is 12.2. The first-order valence-electron chi connectivity index (χ1n) is 8.74. The van der Waals surface area contributed by atoms with E-state index in [-0.39, 0.29) is 9.79 Å². The highest BCUT2D eigenvalue weighted by molar-refractivity contribution is 8.76. The fourth-order valence-electron chi connectivity index (χ4n) is 2.82. The zero-order valence-electron chi connectivity index (χ0n) is 15.8. The Bertz CT molecular complexity index is 1350. The molecule has 2 aromatic heterocycles. The third-order valence-corrected chi connectivity index (χ3v) is 12.3. The van der Waals surface area contributed by atoms with Crippen LogP contribution in [0.5, 0.6) is 0 Å². The molecule has 0 aliphatic heterocycles. The van der Waals surface area contributed by atoms with Gasteiger partial charge in [-0.05, 0) is 32.7 Å². The minimum atomic E-state index is -4.01. The summed E-state index contributed by atoms with van der Waals surface area (Å²) in [5.74, 6) is 0. The second-order valence-corrected chi connectivity index (χ2v) is 15.3. The molecule has 0 spiro atoms. The largest absolute Gasteiger partial charge is 0.263 e. The van der Waals surface area contributed by atoms with E-state index in [0.717, 1.165) is 42.5 Å². The van der Waals surface area contributed by atoms with E-state index in [9.17, 15) is 16.8 Å². The molecule has 0 atom stereocenters. The average Bonchev–Trinajstić information content (AvgIpc) is 3.37. The predicted octanol–water partition coefficient (Wildman–Crippen LogP) is 7.80. The number of rotatable bonds is 7. The number of thiophene rings is 2. The molecule has 0 bridgehead atoms. The zero-order valence-corrected chi connectivity index (χ0v) is 22.2. The first kappa shape index (κ1) is 24.2. The Labute approximate surface area is 210 Å². The standard InChI is InChI=1S/C20H12Cl2O4S6/c21-31(23,24)15-11-27-17(13-7-3-1-4-8-13)19(15)29-30-20-16(32(22,25)26)12-28-18(20)14-9-5-2-6-10-14/h1-12H. The van der Waals surface area contributed by atoms with Gasteiger partial charge in [0.25, 0.3) is 18.1 Å². The Morgan fingerprint density at radius 2 is 0.938 bits per heavy atom. The van der Waals surface area contributed by atoms with Crippen molar-refractivity contribution in [2.45, 2.75) is 19.6 Å². The lowest BCUT2D eigenvalue weighted by Gasteiger charge is -2.08. The lowest BCUT2D eigenvalue weighted by Crippen LogP contribution is -1.91. The van der Waals surface area contributed by atoms with E-state index in [1.165, 1.54) is 33.4 Å². The van der Waals surface area contributed by atoms with Gasteiger partial charge in [0.15, 0.2) is 0 Å². The minimum absolute atomic E-state index is 0.00714. The number of halogens is 2. The molecular weight excluding hydrogens is 568 g/mol. The fraction of sp³-hybridized carbons (Fsp3) is 0. The van der Waals surface area contributed by atoms with Crippen LogP contribution >= 0.6 is 65.6 Å². The van der Waals surface area contributed by atoms with Crippen molar-refractivity contribution in [3.63, 3.8) is 0 Å². The summed E-state index contributed by atoms with van der Waals surface area (Å²) in [6.07, 6.45) is 0. The van der Waals surface area contributed by atoms with Crippen LogP contribution in [-0.4, -0.2) is 16.8 Å². The average molecular weight is 580 g/mol. The molecule has 0 saturated carbocycles. The highest BCUT2D eigenvalue weighted by Crippen LogP contribution is 2.53. The highest BCUT2D eigenvalue weighted by Gasteiger charge is 2.27. The molecule has 166 valence electrons. The summed E-state index contributed by atoms with van der Waals surface area (Å²) in [4.78, 5) is 2.34. The van der Waals surface area contributed by atoms with Crippen LogP contribution in [0.25, 0.3) is 20.9 Å². The molecule has 4 rings (SSSR count). The molecule has 0 amide bonds. The van der Waals surface area contributed by atoms with Crippen LogP contribution in [0.2, 0.25) is 0 Å². The molecule has 0 aliphatic carbocycles. The van der Waals surface area contributed by atoms with Crippen molar-refractivity contribution < 1.29 is 16.8 Å². The van der Waals surface area contributed by atoms with Gasteiger partial charge >= 0.3 is 0 Å². The topological polar surface area (TPSA) is 68.3 Å². The molecule has 0 N–H and O–H groups in total. The van der Waals surface area contributed by atoms with Crippen LogP contribution in [-0.2, 0) is 18.1 Å². The molecule has 0 saturated heterocycles. The van der Waals surface area contributed by atoms with Crippen LogP contribution in [0.15, 0.2) is 91.0 Å². The molecule has 2 aromatic carbocycles. The van der Waals surface area contributed by atoms with Gasteiger partial charge in [-0.25, -0.2) is 16.8 Å². The van der Waals surface area contributed by atoms with Crippen molar-refractivity contribution in [2.24, 2.45) is 0 Å². The second-order valence-electron chi connectivity index (χ2n) is 6.29. The van der Waals surface area contributed by atoms with Gasteiger partial charge in [0.1, 0.15) is 9.79 Å². The van der Waals surface area contributed by atoms with Gasteiger partial charge in [-0.2, -0.15) is 0 Å². The monoisotopic (exact) mass is 578 g/mol. The van der Waals surface area contributed by atoms with Crippen LogP contribution in [0.4, 0.5) is 0 Å². The van der Waals surface area contributed by atoms with E-state index in [1.807, 2.05) is 60.7 Å². The van der Waals surface area contributed by atoms with Crippen molar-refractivity contribution in [3.8, 4) is 20.9 Å². The first-order chi connectivity index (χ1) is 15.2. The maximum absolute atomic E-state index is 12.2. The number of hydrogen-bond donors (Lipinski definition) is 0. The van der Waals surface area contributed by atoms with E-state index in [0.29, 0.717) is 9.79 Å². The zero-order chi connectivity index (χ0) is 22.9. The third kappa shape index (κ3) is 5.23. The summed E-state index contributed by atoms with van der Waals surface area (Å²) in [7, 11) is 5.68. The number of hydrogen-bond acceptors (Lipinski definition) is 8. The fourth-order valence-corrected chi connectivity index (χ4v) is 12.5. The Kier molecular flexibility index (Phi) is 7.33. The van der Waals surface area contributed by atoms with Crippen molar-refractivity contribution in [1.82, 2.24) is 0 Å². The molecule has 0 aliphatic rings. The summed E-state index contributed by atoms with van der Waals surface area (Å²) in [5, 5.41) is 3.00. The highest BCUT2D eigenvalue weighted by atomic mass is 35.7. The van der Waals surface area contributed by atoms with Gasteiger partial charge in [-0.3, -0.25) is 0 Å². The predicted molar refractivity (Wildman–Crippen MR) is 137 cm³/mol. The lowest BCUT2D eigenvalue weighted by molar-refractivity contribution is 0.606. The van der Waals surface area contributed by atoms with E-state index in [1.54, 1.807) is 0 Å². The van der Waals surface area contributed by atoms with E-state index >= 15 is 0 Å². The summed E-state index contributed by atoms with van der Waals surface area (Å²) >= 11 is 2.53. The second kappa shape index (κ2) is 9.71. The minimum Gasteiger partial charge on any atom is -0.207 e. The van der Waals surface area contributed by atoms with E-state index < -0.39 is 18.1 Å². The first-order valence-corrected chi connectivity index (χ1v) is 17.3. The van der Waals surface area contributed by atoms with Gasteiger partial charge in [-0.15, -0.1) is 22.7 Å². The maximum Gasteiger partial charge on any atom is 0.263 e. The van der Waals surface area contributed by atoms with Crippen molar-refractivity contribution in [3.05, 3.63) is 71.4 Å². The Hall–Kier alpha value is -0.980. The molecule has 0 radical (unpaired) electrons. The number of benzene rings is 2. The van der Waals surface area contributed by atoms with Crippen molar-refractivity contribution in [1.29, 1.82) is 0 Å². The Morgan fingerprint density at radius 3 is 1.25 bits per heavy atom. The molecule has 0 unspecified atom stereocenters. The van der Waals surface area contributed by atoms with Gasteiger partial charge in [0.2, 0.25) is 0 Å². The van der Waals surface area contributed by atoms with Gasteiger partial charge in [-0.1, -0.05) is 60.7 Å². The molecule has 12 heteroatoms.